The Hall–Kier alpha value is -1.67. The third kappa shape index (κ3) is 4.73. The van der Waals surface area contributed by atoms with Gasteiger partial charge in [-0.3, -0.25) is 19.5 Å². The fraction of sp³-hybridized carbons (Fsp3) is 0.500. The smallest absolute Gasteiger partial charge is 0.404 e. The van der Waals surface area contributed by atoms with Crippen LogP contribution in [-0.2, 0) is 9.09 Å². The summed E-state index contributed by atoms with van der Waals surface area (Å²) < 4.78 is 21.2. The summed E-state index contributed by atoms with van der Waals surface area (Å²) in [5.41, 5.74) is -0.292. The number of nitro groups is 1. The van der Waals surface area contributed by atoms with Crippen LogP contribution in [0.4, 0.5) is 5.69 Å². The molecule has 14 heteroatoms. The Kier molecular flexibility index (Phi) is 7.18. The number of phosphoric ester groups is 1. The average Bonchev–Trinajstić information content (AvgIpc) is 2.55. The lowest BCUT2D eigenvalue weighted by molar-refractivity contribution is -0.384. The molecule has 0 aliphatic heterocycles. The van der Waals surface area contributed by atoms with Gasteiger partial charge in [-0.05, 0) is 12.1 Å². The van der Waals surface area contributed by atoms with Crippen LogP contribution in [0.3, 0.4) is 0 Å². The quantitative estimate of drug-likeness (QED) is 0.169. The van der Waals surface area contributed by atoms with Crippen molar-refractivity contribution in [1.29, 1.82) is 0 Å². The van der Waals surface area contributed by atoms with Crippen LogP contribution in [0.5, 0.6) is 5.75 Å². The van der Waals surface area contributed by atoms with Gasteiger partial charge in [0.15, 0.2) is 0 Å². The standard InChI is InChI=1S/C12H16NO11P.H3N/c14-7-8(15)10(17)12(11(18)9(7)16)24-25(21,22)23-6-3-1-5(2-4-6)13(19)20;/h1-4,7-12,14-18H,(H,21,22);1H3/t7?,8-,9+,10-,11-,12?;/m1./s1. The second kappa shape index (κ2) is 8.35. The first-order valence-corrected chi connectivity index (χ1v) is 8.38. The van der Waals surface area contributed by atoms with Crippen molar-refractivity contribution in [3.05, 3.63) is 34.4 Å². The van der Waals surface area contributed by atoms with Crippen molar-refractivity contribution in [3.8, 4) is 5.75 Å². The number of nitrogens with zero attached hydrogens (tertiary/aromatic N) is 1. The number of phosphoric acid groups is 1. The van der Waals surface area contributed by atoms with Crippen LogP contribution in [0.1, 0.15) is 0 Å². The highest BCUT2D eigenvalue weighted by Gasteiger charge is 2.51. The van der Waals surface area contributed by atoms with Crippen molar-refractivity contribution in [2.75, 3.05) is 0 Å². The highest BCUT2D eigenvalue weighted by Crippen LogP contribution is 2.47. The number of rotatable bonds is 5. The monoisotopic (exact) mass is 398 g/mol. The molecule has 1 saturated carbocycles. The number of aliphatic hydroxyl groups is 5. The highest BCUT2D eigenvalue weighted by atomic mass is 31.2. The molecule has 148 valence electrons. The molecular formula is C12H19N2O11P. The molecule has 0 saturated heterocycles. The molecule has 0 radical (unpaired) electrons. The van der Waals surface area contributed by atoms with Gasteiger partial charge in [-0.25, -0.2) is 4.57 Å². The fourth-order valence-electron chi connectivity index (χ4n) is 2.26. The van der Waals surface area contributed by atoms with Crippen molar-refractivity contribution in [2.24, 2.45) is 0 Å². The molecule has 1 aliphatic carbocycles. The van der Waals surface area contributed by atoms with Gasteiger partial charge in [-0.2, -0.15) is 0 Å². The molecule has 1 fully saturated rings. The molecule has 13 nitrogen and oxygen atoms in total. The van der Waals surface area contributed by atoms with Crippen LogP contribution in [0.2, 0.25) is 0 Å². The van der Waals surface area contributed by atoms with Crippen LogP contribution < -0.4 is 10.7 Å². The molecule has 26 heavy (non-hydrogen) atoms. The molecule has 0 heterocycles. The lowest BCUT2D eigenvalue weighted by Crippen LogP contribution is -2.64. The molecule has 0 aromatic heterocycles. The zero-order chi connectivity index (χ0) is 18.9. The highest BCUT2D eigenvalue weighted by molar-refractivity contribution is 7.47. The number of aliphatic hydroxyl groups excluding tert-OH is 5. The van der Waals surface area contributed by atoms with Crippen molar-refractivity contribution in [3.63, 3.8) is 0 Å². The first-order valence-electron chi connectivity index (χ1n) is 6.89. The Balaban J connectivity index is 0.00000338. The number of non-ortho nitro benzene ring substituents is 1. The third-order valence-corrected chi connectivity index (χ3v) is 4.55. The lowest BCUT2D eigenvalue weighted by atomic mass is 9.85. The van der Waals surface area contributed by atoms with E-state index in [1.807, 2.05) is 0 Å². The Labute approximate surface area is 146 Å². The van der Waals surface area contributed by atoms with Crippen LogP contribution in [0.15, 0.2) is 24.3 Å². The van der Waals surface area contributed by atoms with E-state index in [1.54, 1.807) is 0 Å². The number of hydrogen-bond acceptors (Lipinski definition) is 11. The first-order chi connectivity index (χ1) is 11.5. The average molecular weight is 398 g/mol. The molecule has 1 aliphatic rings. The third-order valence-electron chi connectivity index (χ3n) is 3.60. The van der Waals surface area contributed by atoms with Gasteiger partial charge >= 0.3 is 7.82 Å². The molecule has 1 aromatic carbocycles. The predicted octanol–water partition coefficient (Wildman–Crippen LogP) is -1.56. The van der Waals surface area contributed by atoms with E-state index in [0.717, 1.165) is 24.3 Å². The minimum Gasteiger partial charge on any atom is -0.404 e. The summed E-state index contributed by atoms with van der Waals surface area (Å²) in [5.74, 6) is -0.280. The molecule has 3 unspecified atom stereocenters. The predicted molar refractivity (Wildman–Crippen MR) is 83.5 cm³/mol. The van der Waals surface area contributed by atoms with Crippen LogP contribution in [0, 0.1) is 10.1 Å². The number of benzene rings is 1. The second-order valence-electron chi connectivity index (χ2n) is 5.33. The van der Waals surface area contributed by atoms with E-state index in [4.69, 9.17) is 0 Å². The van der Waals surface area contributed by atoms with Gasteiger partial charge in [0, 0.05) is 12.1 Å². The van der Waals surface area contributed by atoms with Gasteiger partial charge in [0.2, 0.25) is 0 Å². The van der Waals surface area contributed by atoms with Gasteiger partial charge in [0.1, 0.15) is 42.4 Å². The van der Waals surface area contributed by atoms with E-state index in [9.17, 15) is 45.1 Å². The minimum atomic E-state index is -4.96. The minimum absolute atomic E-state index is 0. The van der Waals surface area contributed by atoms with Gasteiger partial charge in [0.05, 0.1) is 4.92 Å². The largest absolute Gasteiger partial charge is 0.527 e. The van der Waals surface area contributed by atoms with Crippen molar-refractivity contribution < 1.29 is 49.0 Å². The maximum atomic E-state index is 12.0. The summed E-state index contributed by atoms with van der Waals surface area (Å²) in [4.78, 5) is 19.5. The number of hydrogen-bond donors (Lipinski definition) is 7. The summed E-state index contributed by atoms with van der Waals surface area (Å²) in [6.07, 6.45) is -11.7. The van der Waals surface area contributed by atoms with Gasteiger partial charge in [-0.15, -0.1) is 0 Å². The molecule has 9 N–H and O–H groups in total. The van der Waals surface area contributed by atoms with Crippen molar-refractivity contribution in [2.45, 2.75) is 36.6 Å². The van der Waals surface area contributed by atoms with Crippen LogP contribution in [0.25, 0.3) is 0 Å². The van der Waals surface area contributed by atoms with E-state index in [-0.39, 0.29) is 17.6 Å². The zero-order valence-electron chi connectivity index (χ0n) is 13.1. The van der Waals surface area contributed by atoms with E-state index >= 15 is 0 Å². The Morgan fingerprint density at radius 2 is 1.35 bits per heavy atom. The van der Waals surface area contributed by atoms with E-state index in [1.165, 1.54) is 0 Å². The van der Waals surface area contributed by atoms with E-state index in [0.29, 0.717) is 0 Å². The van der Waals surface area contributed by atoms with Crippen molar-refractivity contribution >= 4 is 13.5 Å². The molecule has 2 rings (SSSR count). The van der Waals surface area contributed by atoms with Gasteiger partial charge in [-0.1, -0.05) is 0 Å². The SMILES string of the molecule is N.O=[N+]([O-])c1ccc(OP(=O)(O)OC2[C@H](O)[C@H](O)C(O)[C@H](O)[C@H]2O)cc1. The van der Waals surface area contributed by atoms with Crippen LogP contribution >= 0.6 is 7.82 Å². The fourth-order valence-corrected chi connectivity index (χ4v) is 3.25. The van der Waals surface area contributed by atoms with Crippen LogP contribution in [-0.4, -0.2) is 72.0 Å². The summed E-state index contributed by atoms with van der Waals surface area (Å²) in [5, 5.41) is 58.6. The van der Waals surface area contributed by atoms with E-state index in [2.05, 4.69) is 9.05 Å². The molecule has 7 atom stereocenters. The van der Waals surface area contributed by atoms with Crippen molar-refractivity contribution in [1.82, 2.24) is 6.15 Å². The summed E-state index contributed by atoms with van der Waals surface area (Å²) in [6.45, 7) is 0. The topological polar surface area (TPSA) is 235 Å². The Morgan fingerprint density at radius 3 is 1.77 bits per heavy atom. The molecule has 1 aromatic rings. The maximum Gasteiger partial charge on any atom is 0.527 e. The maximum absolute atomic E-state index is 12.0. The number of nitro benzene ring substituents is 1. The molecule has 0 amide bonds. The van der Waals surface area contributed by atoms with Gasteiger partial charge in [0.25, 0.3) is 5.69 Å². The summed E-state index contributed by atoms with van der Waals surface area (Å²) >= 11 is 0. The molecular weight excluding hydrogens is 379 g/mol. The zero-order valence-corrected chi connectivity index (χ0v) is 14.0. The first kappa shape index (κ1) is 22.4. The summed E-state index contributed by atoms with van der Waals surface area (Å²) in [6, 6.07) is 4.05. The Bertz CT molecular complexity index is 656. The second-order valence-corrected chi connectivity index (χ2v) is 6.66. The van der Waals surface area contributed by atoms with E-state index < -0.39 is 49.4 Å². The summed E-state index contributed by atoms with van der Waals surface area (Å²) in [7, 11) is -4.96. The molecule has 0 spiro atoms. The normalized spacial score (nSPS) is 33.6. The van der Waals surface area contributed by atoms with Gasteiger partial charge < -0.3 is 36.2 Å². The Morgan fingerprint density at radius 1 is 0.923 bits per heavy atom. The lowest BCUT2D eigenvalue weighted by Gasteiger charge is -2.41. The molecule has 0 bridgehead atoms.